The van der Waals surface area contributed by atoms with Crippen molar-refractivity contribution in [2.24, 2.45) is 0 Å². The van der Waals surface area contributed by atoms with Crippen molar-refractivity contribution in [3.05, 3.63) is 11.3 Å². The van der Waals surface area contributed by atoms with Crippen LogP contribution in [-0.4, -0.2) is 16.9 Å². The van der Waals surface area contributed by atoms with Crippen LogP contribution in [0.2, 0.25) is 0 Å². The van der Waals surface area contributed by atoms with E-state index in [-0.39, 0.29) is 0 Å². The molecule has 0 aromatic heterocycles. The van der Waals surface area contributed by atoms with Crippen molar-refractivity contribution in [3.8, 4) is 0 Å². The van der Waals surface area contributed by atoms with Crippen molar-refractivity contribution in [2.45, 2.75) is 25.7 Å². The number of rotatable bonds is 0. The van der Waals surface area contributed by atoms with E-state index in [0.717, 1.165) is 11.4 Å². The Hall–Kier alpha value is -0.370. The van der Waals surface area contributed by atoms with E-state index in [4.69, 9.17) is 12.2 Å². The highest BCUT2D eigenvalue weighted by Gasteiger charge is 2.26. The van der Waals surface area contributed by atoms with Crippen molar-refractivity contribution < 1.29 is 0 Å². The Kier molecular flexibility index (Phi) is 1.31. The number of hydrogen-bond donors (Lipinski definition) is 0. The molecule has 0 saturated heterocycles. The molecule has 0 atom stereocenters. The van der Waals surface area contributed by atoms with E-state index in [9.17, 15) is 0 Å². The molecule has 54 valence electrons. The van der Waals surface area contributed by atoms with Gasteiger partial charge in [0.1, 0.15) is 0 Å². The standard InChI is InChI=1S/C8H11NS/c1-9-7-4-2-3-6(7)5-8(9)10/h2-5H2,1H3. The molecule has 0 aromatic carbocycles. The highest BCUT2D eigenvalue weighted by Crippen LogP contribution is 2.36. The van der Waals surface area contributed by atoms with Gasteiger partial charge in [-0.05, 0) is 24.8 Å². The quantitative estimate of drug-likeness (QED) is 0.490. The van der Waals surface area contributed by atoms with Gasteiger partial charge in [0.25, 0.3) is 0 Å². The van der Waals surface area contributed by atoms with E-state index in [2.05, 4.69) is 11.9 Å². The Morgan fingerprint density at radius 1 is 1.40 bits per heavy atom. The lowest BCUT2D eigenvalue weighted by atomic mass is 10.2. The van der Waals surface area contributed by atoms with Gasteiger partial charge in [-0.25, -0.2) is 0 Å². The maximum Gasteiger partial charge on any atom is 0.0860 e. The third kappa shape index (κ3) is 0.717. The second kappa shape index (κ2) is 2.06. The summed E-state index contributed by atoms with van der Waals surface area (Å²) >= 11 is 5.18. The summed E-state index contributed by atoms with van der Waals surface area (Å²) in [7, 11) is 2.09. The highest BCUT2D eigenvalue weighted by atomic mass is 32.1. The van der Waals surface area contributed by atoms with Gasteiger partial charge in [0, 0.05) is 19.2 Å². The maximum atomic E-state index is 5.18. The lowest BCUT2D eigenvalue weighted by Gasteiger charge is -2.14. The zero-order valence-electron chi connectivity index (χ0n) is 6.18. The topological polar surface area (TPSA) is 3.24 Å². The molecule has 0 N–H and O–H groups in total. The molecule has 2 rings (SSSR count). The average molecular weight is 153 g/mol. The summed E-state index contributed by atoms with van der Waals surface area (Å²) in [6.07, 6.45) is 4.96. The molecule has 1 nitrogen and oxygen atoms in total. The number of allylic oxidation sites excluding steroid dienone is 1. The van der Waals surface area contributed by atoms with Crippen LogP contribution in [-0.2, 0) is 0 Å². The number of nitrogens with zero attached hydrogens (tertiary/aromatic N) is 1. The summed E-state index contributed by atoms with van der Waals surface area (Å²) in [5, 5.41) is 0. The van der Waals surface area contributed by atoms with Crippen LogP contribution < -0.4 is 0 Å². The van der Waals surface area contributed by atoms with Crippen LogP contribution in [0.15, 0.2) is 11.3 Å². The zero-order valence-corrected chi connectivity index (χ0v) is 7.00. The first-order chi connectivity index (χ1) is 4.79. The molecule has 0 unspecified atom stereocenters. The minimum absolute atomic E-state index is 1.07. The second-order valence-electron chi connectivity index (χ2n) is 3.03. The lowest BCUT2D eigenvalue weighted by Crippen LogP contribution is -2.17. The monoisotopic (exact) mass is 153 g/mol. The smallest absolute Gasteiger partial charge is 0.0860 e. The Morgan fingerprint density at radius 2 is 2.20 bits per heavy atom. The van der Waals surface area contributed by atoms with Gasteiger partial charge in [-0.3, -0.25) is 0 Å². The minimum Gasteiger partial charge on any atom is -0.343 e. The first kappa shape index (κ1) is 6.35. The van der Waals surface area contributed by atoms with Gasteiger partial charge < -0.3 is 4.90 Å². The average Bonchev–Trinajstić information content (AvgIpc) is 2.41. The van der Waals surface area contributed by atoms with E-state index in [0.29, 0.717) is 0 Å². The van der Waals surface area contributed by atoms with Crippen molar-refractivity contribution in [1.82, 2.24) is 4.90 Å². The molecule has 0 aromatic rings. The van der Waals surface area contributed by atoms with Crippen molar-refractivity contribution in [2.75, 3.05) is 7.05 Å². The van der Waals surface area contributed by atoms with Gasteiger partial charge in [-0.2, -0.15) is 0 Å². The van der Waals surface area contributed by atoms with E-state index >= 15 is 0 Å². The summed E-state index contributed by atoms with van der Waals surface area (Å²) in [5.41, 5.74) is 3.12. The van der Waals surface area contributed by atoms with Gasteiger partial charge in [-0.15, -0.1) is 0 Å². The highest BCUT2D eigenvalue weighted by molar-refractivity contribution is 7.80. The van der Waals surface area contributed by atoms with Gasteiger partial charge in [0.2, 0.25) is 0 Å². The second-order valence-corrected chi connectivity index (χ2v) is 3.50. The van der Waals surface area contributed by atoms with Crippen molar-refractivity contribution in [1.29, 1.82) is 0 Å². The molecular weight excluding hydrogens is 142 g/mol. The molecule has 1 heterocycles. The summed E-state index contributed by atoms with van der Waals surface area (Å²) < 4.78 is 0. The third-order valence-corrected chi connectivity index (χ3v) is 2.86. The van der Waals surface area contributed by atoms with E-state index in [1.807, 2.05) is 0 Å². The Morgan fingerprint density at radius 3 is 2.90 bits per heavy atom. The van der Waals surface area contributed by atoms with Gasteiger partial charge in [0.05, 0.1) is 4.99 Å². The van der Waals surface area contributed by atoms with Gasteiger partial charge in [0.15, 0.2) is 0 Å². The molecule has 0 bridgehead atoms. The normalized spacial score (nSPS) is 24.5. The Labute approximate surface area is 66.7 Å². The lowest BCUT2D eigenvalue weighted by molar-refractivity contribution is 0.615. The molecule has 0 spiro atoms. The van der Waals surface area contributed by atoms with Gasteiger partial charge >= 0.3 is 0 Å². The fraction of sp³-hybridized carbons (Fsp3) is 0.625. The predicted molar refractivity (Wildman–Crippen MR) is 45.9 cm³/mol. The van der Waals surface area contributed by atoms with Crippen LogP contribution in [0.5, 0.6) is 0 Å². The molecule has 0 radical (unpaired) electrons. The Bertz CT molecular complexity index is 217. The van der Waals surface area contributed by atoms with Crippen LogP contribution >= 0.6 is 12.2 Å². The van der Waals surface area contributed by atoms with E-state index in [1.54, 1.807) is 5.57 Å². The zero-order chi connectivity index (χ0) is 7.14. The first-order valence-electron chi connectivity index (χ1n) is 3.76. The predicted octanol–water partition coefficient (Wildman–Crippen LogP) is 2.09. The Balaban J connectivity index is 2.30. The molecule has 0 saturated carbocycles. The summed E-state index contributed by atoms with van der Waals surface area (Å²) in [4.78, 5) is 3.31. The fourth-order valence-corrected chi connectivity index (χ4v) is 2.12. The maximum absolute atomic E-state index is 5.18. The summed E-state index contributed by atoms with van der Waals surface area (Å²) in [5.74, 6) is 0. The van der Waals surface area contributed by atoms with Crippen molar-refractivity contribution >= 4 is 17.2 Å². The van der Waals surface area contributed by atoms with Crippen LogP contribution in [0, 0.1) is 0 Å². The van der Waals surface area contributed by atoms with Crippen LogP contribution in [0.25, 0.3) is 0 Å². The van der Waals surface area contributed by atoms with E-state index in [1.165, 1.54) is 25.0 Å². The molecule has 1 aliphatic carbocycles. The number of thiocarbonyl (C=S) groups is 1. The molecule has 0 fully saturated rings. The minimum atomic E-state index is 1.07. The SMILES string of the molecule is CN1C(=S)CC2=C1CCC2. The summed E-state index contributed by atoms with van der Waals surface area (Å²) in [6.45, 7) is 0. The molecule has 1 aliphatic heterocycles. The summed E-state index contributed by atoms with van der Waals surface area (Å²) in [6, 6.07) is 0. The molecule has 0 amide bonds. The van der Waals surface area contributed by atoms with Gasteiger partial charge in [-0.1, -0.05) is 12.2 Å². The first-order valence-corrected chi connectivity index (χ1v) is 4.17. The molecular formula is C8H11NS. The molecule has 2 heteroatoms. The van der Waals surface area contributed by atoms with Crippen LogP contribution in [0.1, 0.15) is 25.7 Å². The van der Waals surface area contributed by atoms with Crippen LogP contribution in [0.4, 0.5) is 0 Å². The molecule has 10 heavy (non-hydrogen) atoms. The third-order valence-electron chi connectivity index (χ3n) is 2.44. The number of likely N-dealkylation sites (tertiary alicyclic amines) is 1. The van der Waals surface area contributed by atoms with Crippen molar-refractivity contribution in [3.63, 3.8) is 0 Å². The fourth-order valence-electron chi connectivity index (χ4n) is 1.84. The van der Waals surface area contributed by atoms with E-state index < -0.39 is 0 Å². The number of hydrogen-bond acceptors (Lipinski definition) is 1. The molecule has 2 aliphatic rings. The van der Waals surface area contributed by atoms with Crippen LogP contribution in [0.3, 0.4) is 0 Å². The largest absolute Gasteiger partial charge is 0.343 e.